The highest BCUT2D eigenvalue weighted by molar-refractivity contribution is 7.07. The molecule has 2 nitrogen and oxygen atoms in total. The number of aliphatic hydroxyl groups excluding tert-OH is 1. The van der Waals surface area contributed by atoms with Crippen molar-refractivity contribution in [1.82, 2.24) is 0 Å². The fraction of sp³-hybridized carbons (Fsp3) is 0.250. The molecule has 0 saturated heterocycles. The summed E-state index contributed by atoms with van der Waals surface area (Å²) in [7, 11) is 0. The standard InChI is InChI=1S/C12H14NOS/c1-10-8-15-9-13(10)7-12(14)11-5-3-2-4-6-11/h2-6,8-9,12,14H,7H2,1H3/q+1. The smallest absolute Gasteiger partial charge is 0.225 e. The van der Waals surface area contributed by atoms with Gasteiger partial charge >= 0.3 is 0 Å². The normalized spacial score (nSPS) is 12.7. The summed E-state index contributed by atoms with van der Waals surface area (Å²) in [5.74, 6) is 0. The Hall–Kier alpha value is -1.19. The molecule has 0 aliphatic carbocycles. The maximum Gasteiger partial charge on any atom is 0.225 e. The number of rotatable bonds is 3. The first-order valence-electron chi connectivity index (χ1n) is 4.92. The van der Waals surface area contributed by atoms with Crippen molar-refractivity contribution in [3.05, 3.63) is 52.5 Å². The van der Waals surface area contributed by atoms with E-state index in [0.29, 0.717) is 6.54 Å². The van der Waals surface area contributed by atoms with Crippen LogP contribution in [0.15, 0.2) is 41.2 Å². The number of hydrogen-bond acceptors (Lipinski definition) is 2. The molecule has 0 aliphatic heterocycles. The molecule has 0 radical (unpaired) electrons. The van der Waals surface area contributed by atoms with Crippen molar-refractivity contribution >= 4 is 11.3 Å². The van der Waals surface area contributed by atoms with Gasteiger partial charge in [0.2, 0.25) is 5.51 Å². The Kier molecular flexibility index (Phi) is 3.14. The van der Waals surface area contributed by atoms with E-state index < -0.39 is 6.10 Å². The van der Waals surface area contributed by atoms with Crippen molar-refractivity contribution in [1.29, 1.82) is 0 Å². The van der Waals surface area contributed by atoms with Gasteiger partial charge in [0.1, 0.15) is 6.10 Å². The van der Waals surface area contributed by atoms with Crippen LogP contribution in [0, 0.1) is 6.92 Å². The minimum Gasteiger partial charge on any atom is -0.382 e. The van der Waals surface area contributed by atoms with E-state index in [2.05, 4.69) is 9.95 Å². The largest absolute Gasteiger partial charge is 0.382 e. The predicted molar refractivity (Wildman–Crippen MR) is 60.7 cm³/mol. The molecule has 1 aromatic carbocycles. The maximum absolute atomic E-state index is 10.0. The van der Waals surface area contributed by atoms with Crippen LogP contribution in [0.4, 0.5) is 0 Å². The van der Waals surface area contributed by atoms with Crippen molar-refractivity contribution in [2.24, 2.45) is 0 Å². The van der Waals surface area contributed by atoms with Gasteiger partial charge in [-0.3, -0.25) is 0 Å². The average Bonchev–Trinajstić information content (AvgIpc) is 2.66. The molecule has 15 heavy (non-hydrogen) atoms. The lowest BCUT2D eigenvalue weighted by molar-refractivity contribution is -0.705. The molecule has 2 rings (SSSR count). The van der Waals surface area contributed by atoms with Crippen molar-refractivity contribution < 1.29 is 9.67 Å². The minimum atomic E-state index is -0.426. The molecule has 1 N–H and O–H groups in total. The molecule has 0 spiro atoms. The Morgan fingerprint density at radius 3 is 2.67 bits per heavy atom. The second-order valence-corrected chi connectivity index (χ2v) is 4.30. The molecule has 78 valence electrons. The summed E-state index contributed by atoms with van der Waals surface area (Å²) in [6.07, 6.45) is -0.426. The van der Waals surface area contributed by atoms with E-state index in [1.165, 1.54) is 5.69 Å². The SMILES string of the molecule is Cc1csc[n+]1CC(O)c1ccccc1. The summed E-state index contributed by atoms with van der Waals surface area (Å²) in [4.78, 5) is 0. The number of nitrogens with zero attached hydrogens (tertiary/aromatic N) is 1. The van der Waals surface area contributed by atoms with Gasteiger partial charge in [-0.1, -0.05) is 41.7 Å². The molecule has 0 fully saturated rings. The molecule has 0 aliphatic rings. The Morgan fingerprint density at radius 1 is 1.33 bits per heavy atom. The van der Waals surface area contributed by atoms with Gasteiger partial charge in [-0.2, -0.15) is 4.57 Å². The van der Waals surface area contributed by atoms with E-state index in [-0.39, 0.29) is 0 Å². The number of hydrogen-bond donors (Lipinski definition) is 1. The fourth-order valence-corrected chi connectivity index (χ4v) is 2.30. The Morgan fingerprint density at radius 2 is 2.07 bits per heavy atom. The molecule has 2 aromatic rings. The van der Waals surface area contributed by atoms with Crippen molar-refractivity contribution in [2.75, 3.05) is 0 Å². The summed E-state index contributed by atoms with van der Waals surface area (Å²) in [6.45, 7) is 2.67. The number of aromatic nitrogens is 1. The Balaban J connectivity index is 2.11. The third-order valence-corrected chi connectivity index (χ3v) is 3.29. The van der Waals surface area contributed by atoms with Gasteiger partial charge in [0.15, 0.2) is 12.2 Å². The third-order valence-electron chi connectivity index (χ3n) is 2.43. The zero-order chi connectivity index (χ0) is 10.7. The highest BCUT2D eigenvalue weighted by Crippen LogP contribution is 2.12. The lowest BCUT2D eigenvalue weighted by Crippen LogP contribution is -2.37. The second-order valence-electron chi connectivity index (χ2n) is 3.58. The number of aliphatic hydroxyl groups is 1. The van der Waals surface area contributed by atoms with Crippen molar-refractivity contribution in [3.63, 3.8) is 0 Å². The fourth-order valence-electron chi connectivity index (χ4n) is 1.51. The third kappa shape index (κ3) is 2.43. The van der Waals surface area contributed by atoms with E-state index in [1.54, 1.807) is 11.3 Å². The zero-order valence-corrected chi connectivity index (χ0v) is 9.45. The van der Waals surface area contributed by atoms with Crippen LogP contribution in [-0.4, -0.2) is 5.11 Å². The topological polar surface area (TPSA) is 24.1 Å². The van der Waals surface area contributed by atoms with Gasteiger partial charge in [-0.25, -0.2) is 0 Å². The summed E-state index contributed by atoms with van der Waals surface area (Å²) < 4.78 is 2.07. The first-order chi connectivity index (χ1) is 7.27. The number of benzene rings is 1. The Labute approximate surface area is 93.4 Å². The molecule has 1 heterocycles. The average molecular weight is 220 g/mol. The van der Waals surface area contributed by atoms with Gasteiger partial charge in [-0.15, -0.1) is 0 Å². The summed E-state index contributed by atoms with van der Waals surface area (Å²) in [5.41, 5.74) is 4.19. The maximum atomic E-state index is 10.0. The summed E-state index contributed by atoms with van der Waals surface area (Å²) in [5, 5.41) is 12.1. The monoisotopic (exact) mass is 220 g/mol. The predicted octanol–water partition coefficient (Wildman–Crippen LogP) is 2.08. The first-order valence-corrected chi connectivity index (χ1v) is 5.87. The van der Waals surface area contributed by atoms with E-state index in [4.69, 9.17) is 0 Å². The van der Waals surface area contributed by atoms with Crippen LogP contribution in [-0.2, 0) is 6.54 Å². The van der Waals surface area contributed by atoms with Crippen LogP contribution < -0.4 is 4.57 Å². The van der Waals surface area contributed by atoms with Crippen LogP contribution in [0.25, 0.3) is 0 Å². The molecular formula is C12H14NOS+. The van der Waals surface area contributed by atoms with Gasteiger partial charge in [0.25, 0.3) is 0 Å². The second kappa shape index (κ2) is 4.55. The minimum absolute atomic E-state index is 0.426. The molecular weight excluding hydrogens is 206 g/mol. The molecule has 1 atom stereocenters. The lowest BCUT2D eigenvalue weighted by Gasteiger charge is -2.06. The summed E-state index contributed by atoms with van der Waals surface area (Å²) >= 11 is 1.66. The molecule has 0 saturated carbocycles. The molecule has 3 heteroatoms. The van der Waals surface area contributed by atoms with Crippen LogP contribution >= 0.6 is 11.3 Å². The quantitative estimate of drug-likeness (QED) is 0.787. The lowest BCUT2D eigenvalue weighted by atomic mass is 10.1. The van der Waals surface area contributed by atoms with E-state index in [1.807, 2.05) is 42.8 Å². The van der Waals surface area contributed by atoms with Crippen LogP contribution in [0.3, 0.4) is 0 Å². The van der Waals surface area contributed by atoms with Gasteiger partial charge in [0, 0.05) is 6.92 Å². The first kappa shape index (κ1) is 10.3. The number of thiazole rings is 1. The van der Waals surface area contributed by atoms with E-state index >= 15 is 0 Å². The summed E-state index contributed by atoms with van der Waals surface area (Å²) in [6, 6.07) is 9.76. The molecule has 1 unspecified atom stereocenters. The van der Waals surface area contributed by atoms with E-state index in [0.717, 1.165) is 5.56 Å². The molecule has 1 aromatic heterocycles. The van der Waals surface area contributed by atoms with Crippen LogP contribution in [0.1, 0.15) is 17.4 Å². The van der Waals surface area contributed by atoms with Gasteiger partial charge in [-0.05, 0) is 5.56 Å². The Bertz CT molecular complexity index is 424. The van der Waals surface area contributed by atoms with E-state index in [9.17, 15) is 5.11 Å². The van der Waals surface area contributed by atoms with Gasteiger partial charge in [0.05, 0.1) is 5.38 Å². The van der Waals surface area contributed by atoms with Crippen molar-refractivity contribution in [2.45, 2.75) is 19.6 Å². The number of aryl methyl sites for hydroxylation is 1. The molecule has 0 bridgehead atoms. The van der Waals surface area contributed by atoms with Crippen LogP contribution in [0.5, 0.6) is 0 Å². The van der Waals surface area contributed by atoms with Gasteiger partial charge < -0.3 is 5.11 Å². The van der Waals surface area contributed by atoms with Crippen LogP contribution in [0.2, 0.25) is 0 Å². The van der Waals surface area contributed by atoms with Crippen molar-refractivity contribution in [3.8, 4) is 0 Å². The zero-order valence-electron chi connectivity index (χ0n) is 8.63. The molecule has 0 amide bonds. The highest BCUT2D eigenvalue weighted by Gasteiger charge is 2.15. The highest BCUT2D eigenvalue weighted by atomic mass is 32.1.